The normalized spacial score (nSPS) is 13.3. The van der Waals surface area contributed by atoms with E-state index in [0.29, 0.717) is 5.69 Å². The highest BCUT2D eigenvalue weighted by molar-refractivity contribution is 6.43. The zero-order valence-electron chi connectivity index (χ0n) is 20.2. The first-order chi connectivity index (χ1) is 16.3. The van der Waals surface area contributed by atoms with Crippen molar-refractivity contribution < 1.29 is 33.1 Å². The zero-order valence-corrected chi connectivity index (χ0v) is 20.2. The molecule has 3 amide bonds. The van der Waals surface area contributed by atoms with Crippen molar-refractivity contribution in [2.24, 2.45) is 0 Å². The Kier molecular flexibility index (Phi) is 7.11. The standard InChI is InChI=1S/C24H28F2N4O5/c1-12-8-15(9-16(25)19(12)26)27-22(34)18-13(2)20(21(33)23(35)28-24(4,5)11-31)30-7-6-29(14(3)32)10-17(18)30/h8-9,31H,6-7,10-11H2,1-5H3,(H,27,34)(H,28,35). The number of nitrogens with one attached hydrogen (secondary N) is 2. The quantitative estimate of drug-likeness (QED) is 0.423. The molecular weight excluding hydrogens is 462 g/mol. The molecule has 0 atom stereocenters. The van der Waals surface area contributed by atoms with Crippen molar-refractivity contribution in [1.82, 2.24) is 14.8 Å². The monoisotopic (exact) mass is 490 g/mol. The Morgan fingerprint density at radius 1 is 1.11 bits per heavy atom. The van der Waals surface area contributed by atoms with Crippen molar-refractivity contribution in [3.05, 3.63) is 51.8 Å². The molecule has 0 saturated carbocycles. The van der Waals surface area contributed by atoms with Crippen LogP contribution in [0.4, 0.5) is 14.5 Å². The van der Waals surface area contributed by atoms with Gasteiger partial charge in [0.15, 0.2) is 11.6 Å². The topological polar surface area (TPSA) is 121 Å². The summed E-state index contributed by atoms with van der Waals surface area (Å²) in [6, 6.07) is 2.11. The fraction of sp³-hybridized carbons (Fsp3) is 0.417. The first-order valence-electron chi connectivity index (χ1n) is 11.0. The van der Waals surface area contributed by atoms with E-state index < -0.39 is 41.4 Å². The number of nitrogens with zero attached hydrogens (tertiary/aromatic N) is 2. The minimum Gasteiger partial charge on any atom is -0.394 e. The average Bonchev–Trinajstić information content (AvgIpc) is 3.07. The van der Waals surface area contributed by atoms with Crippen LogP contribution in [0, 0.1) is 25.5 Å². The zero-order chi connectivity index (χ0) is 26.2. The molecule has 1 aromatic heterocycles. The van der Waals surface area contributed by atoms with Crippen LogP contribution in [-0.2, 0) is 22.7 Å². The van der Waals surface area contributed by atoms with Crippen molar-refractivity contribution in [1.29, 1.82) is 0 Å². The lowest BCUT2D eigenvalue weighted by Crippen LogP contribution is -2.49. The minimum absolute atomic E-state index is 0.00211. The van der Waals surface area contributed by atoms with Gasteiger partial charge >= 0.3 is 0 Å². The molecule has 35 heavy (non-hydrogen) atoms. The van der Waals surface area contributed by atoms with Crippen LogP contribution in [0.15, 0.2) is 12.1 Å². The summed E-state index contributed by atoms with van der Waals surface area (Å²) in [7, 11) is 0. The second kappa shape index (κ2) is 9.57. The van der Waals surface area contributed by atoms with E-state index in [1.165, 1.54) is 36.3 Å². The third kappa shape index (κ3) is 5.09. The molecule has 0 radical (unpaired) electrons. The second-order valence-electron chi connectivity index (χ2n) is 9.26. The minimum atomic E-state index is -1.13. The molecule has 1 aromatic carbocycles. The highest BCUT2D eigenvalue weighted by Gasteiger charge is 2.35. The third-order valence-corrected chi connectivity index (χ3v) is 5.96. The Hall–Kier alpha value is -3.60. The first-order valence-corrected chi connectivity index (χ1v) is 11.0. The number of aliphatic hydroxyl groups excluding tert-OH is 1. The molecule has 3 N–H and O–H groups in total. The van der Waals surface area contributed by atoms with Gasteiger partial charge in [-0.05, 0) is 44.9 Å². The summed E-state index contributed by atoms with van der Waals surface area (Å²) in [6.07, 6.45) is 0. The van der Waals surface area contributed by atoms with Gasteiger partial charge < -0.3 is 25.2 Å². The maximum absolute atomic E-state index is 13.9. The van der Waals surface area contributed by atoms with Gasteiger partial charge in [0.25, 0.3) is 17.6 Å². The number of rotatable bonds is 6. The van der Waals surface area contributed by atoms with Crippen LogP contribution in [0.3, 0.4) is 0 Å². The number of ketones is 1. The SMILES string of the molecule is CC(=O)N1CCn2c(c(C(=O)Nc3cc(C)c(F)c(F)c3)c(C)c2C(=O)C(=O)NC(C)(C)CO)C1. The molecule has 11 heteroatoms. The molecule has 0 fully saturated rings. The van der Waals surface area contributed by atoms with E-state index in [9.17, 15) is 33.1 Å². The number of hydrogen-bond acceptors (Lipinski definition) is 5. The van der Waals surface area contributed by atoms with E-state index in [1.807, 2.05) is 0 Å². The van der Waals surface area contributed by atoms with Crippen molar-refractivity contribution in [2.45, 2.75) is 53.2 Å². The number of halogens is 2. The summed E-state index contributed by atoms with van der Waals surface area (Å²) >= 11 is 0. The van der Waals surface area contributed by atoms with Crippen LogP contribution in [0.25, 0.3) is 0 Å². The van der Waals surface area contributed by atoms with Gasteiger partial charge in [-0.3, -0.25) is 19.2 Å². The molecule has 188 valence electrons. The van der Waals surface area contributed by atoms with Crippen LogP contribution in [-0.4, -0.2) is 56.8 Å². The van der Waals surface area contributed by atoms with E-state index in [2.05, 4.69) is 10.6 Å². The van der Waals surface area contributed by atoms with Gasteiger partial charge in [0, 0.05) is 31.8 Å². The second-order valence-corrected chi connectivity index (χ2v) is 9.26. The molecular formula is C24H28F2N4O5. The molecule has 2 heterocycles. The van der Waals surface area contributed by atoms with Gasteiger partial charge in [0.1, 0.15) is 0 Å². The fourth-order valence-corrected chi connectivity index (χ4v) is 4.07. The van der Waals surface area contributed by atoms with Gasteiger partial charge in [0.2, 0.25) is 5.91 Å². The summed E-state index contributed by atoms with van der Waals surface area (Å²) in [6.45, 7) is 7.40. The van der Waals surface area contributed by atoms with E-state index >= 15 is 0 Å². The average molecular weight is 491 g/mol. The molecule has 1 aliphatic rings. The Bertz CT molecular complexity index is 1210. The smallest absolute Gasteiger partial charge is 0.294 e. The van der Waals surface area contributed by atoms with Crippen LogP contribution >= 0.6 is 0 Å². The molecule has 1 aliphatic heterocycles. The van der Waals surface area contributed by atoms with Gasteiger partial charge in [-0.25, -0.2) is 8.78 Å². The first kappa shape index (κ1) is 26.0. The highest BCUT2D eigenvalue weighted by Crippen LogP contribution is 2.29. The summed E-state index contributed by atoms with van der Waals surface area (Å²) in [5, 5.41) is 14.4. The number of aryl methyl sites for hydroxylation is 1. The lowest BCUT2D eigenvalue weighted by molar-refractivity contribution is -0.130. The maximum atomic E-state index is 13.9. The van der Waals surface area contributed by atoms with E-state index in [0.717, 1.165) is 6.07 Å². The van der Waals surface area contributed by atoms with Crippen molar-refractivity contribution in [3.63, 3.8) is 0 Å². The van der Waals surface area contributed by atoms with Crippen molar-refractivity contribution in [3.8, 4) is 0 Å². The number of fused-ring (bicyclic) bond motifs is 1. The Labute approximate surface area is 201 Å². The number of aliphatic hydroxyl groups is 1. The summed E-state index contributed by atoms with van der Waals surface area (Å²) < 4.78 is 29.1. The van der Waals surface area contributed by atoms with Crippen molar-refractivity contribution >= 4 is 29.2 Å². The molecule has 3 rings (SSSR count). The molecule has 0 aliphatic carbocycles. The number of Topliss-reactive ketones (excluding diaryl/α,β-unsaturated/α-hetero) is 1. The van der Waals surface area contributed by atoms with E-state index in [1.54, 1.807) is 13.8 Å². The van der Waals surface area contributed by atoms with Gasteiger partial charge in [0.05, 0.1) is 35.6 Å². The lowest BCUT2D eigenvalue weighted by Gasteiger charge is -2.29. The van der Waals surface area contributed by atoms with Crippen LogP contribution in [0.5, 0.6) is 0 Å². The predicted molar refractivity (Wildman–Crippen MR) is 123 cm³/mol. The van der Waals surface area contributed by atoms with Gasteiger partial charge in [-0.2, -0.15) is 0 Å². The molecule has 9 nitrogen and oxygen atoms in total. The highest BCUT2D eigenvalue weighted by atomic mass is 19.2. The van der Waals surface area contributed by atoms with Crippen LogP contribution < -0.4 is 10.6 Å². The van der Waals surface area contributed by atoms with E-state index in [4.69, 9.17) is 0 Å². The number of carbonyl (C=O) groups excluding carboxylic acids is 4. The molecule has 0 spiro atoms. The predicted octanol–water partition coefficient (Wildman–Crippen LogP) is 2.07. The summed E-state index contributed by atoms with van der Waals surface area (Å²) in [4.78, 5) is 52.6. The number of carbonyl (C=O) groups is 4. The molecule has 0 unspecified atom stereocenters. The number of anilines is 1. The maximum Gasteiger partial charge on any atom is 0.294 e. The fourth-order valence-electron chi connectivity index (χ4n) is 4.07. The Morgan fingerprint density at radius 3 is 2.34 bits per heavy atom. The molecule has 0 saturated heterocycles. The molecule has 2 aromatic rings. The largest absolute Gasteiger partial charge is 0.394 e. The number of aromatic nitrogens is 1. The Balaban J connectivity index is 2.07. The number of hydrogen-bond donors (Lipinski definition) is 3. The van der Waals surface area contributed by atoms with Crippen molar-refractivity contribution in [2.75, 3.05) is 18.5 Å². The van der Waals surface area contributed by atoms with Gasteiger partial charge in [-0.15, -0.1) is 0 Å². The Morgan fingerprint density at radius 2 is 1.77 bits per heavy atom. The number of amides is 3. The lowest BCUT2D eigenvalue weighted by atomic mass is 10.0. The third-order valence-electron chi connectivity index (χ3n) is 5.96. The van der Waals surface area contributed by atoms with Gasteiger partial charge in [-0.1, -0.05) is 0 Å². The summed E-state index contributed by atoms with van der Waals surface area (Å²) in [5.41, 5.74) is -0.425. The van der Waals surface area contributed by atoms with E-state index in [-0.39, 0.29) is 53.6 Å². The van der Waals surface area contributed by atoms with Crippen LogP contribution in [0.1, 0.15) is 58.4 Å². The van der Waals surface area contributed by atoms with Crippen LogP contribution in [0.2, 0.25) is 0 Å². The number of benzene rings is 1. The molecule has 0 bridgehead atoms. The summed E-state index contributed by atoms with van der Waals surface area (Å²) in [5.74, 6) is -4.93.